The Morgan fingerprint density at radius 1 is 1.35 bits per heavy atom. The zero-order valence-electron chi connectivity index (χ0n) is 18.7. The highest BCUT2D eigenvalue weighted by Gasteiger charge is 2.50. The molecule has 172 valence electrons. The SMILES string of the molecule is CCC(CC)[P+](=O)OC(C)(CC)C[C@H]1OC([n+]2cn(C)c3c(=O)[nH]cnc32)[C@H](O)[C@@H]1O. The van der Waals surface area contributed by atoms with Crippen LogP contribution in [0.3, 0.4) is 0 Å². The van der Waals surface area contributed by atoms with Gasteiger partial charge in [-0.05, 0) is 30.8 Å². The van der Waals surface area contributed by atoms with Gasteiger partial charge < -0.3 is 14.9 Å². The third-order valence-corrected chi connectivity index (χ3v) is 8.19. The number of rotatable bonds is 9. The lowest BCUT2D eigenvalue weighted by atomic mass is 9.93. The lowest BCUT2D eigenvalue weighted by Gasteiger charge is -2.27. The summed E-state index contributed by atoms with van der Waals surface area (Å²) in [4.78, 5) is 18.9. The van der Waals surface area contributed by atoms with E-state index in [2.05, 4.69) is 9.97 Å². The van der Waals surface area contributed by atoms with E-state index < -0.39 is 38.2 Å². The van der Waals surface area contributed by atoms with Crippen LogP contribution in [0, 0.1) is 0 Å². The molecule has 2 aromatic heterocycles. The normalized spacial score (nSPS) is 26.5. The van der Waals surface area contributed by atoms with E-state index in [1.807, 2.05) is 27.7 Å². The summed E-state index contributed by atoms with van der Waals surface area (Å²) in [5, 5.41) is 21.4. The molecule has 0 saturated carbocycles. The fourth-order valence-corrected chi connectivity index (χ4v) is 5.44. The van der Waals surface area contributed by atoms with Gasteiger partial charge in [0, 0.05) is 6.42 Å². The maximum Gasteiger partial charge on any atom is 0.511 e. The van der Waals surface area contributed by atoms with Crippen LogP contribution in [0.15, 0.2) is 17.4 Å². The average molecular weight is 456 g/mol. The molecule has 3 N–H and O–H groups in total. The van der Waals surface area contributed by atoms with E-state index in [4.69, 9.17) is 9.26 Å². The van der Waals surface area contributed by atoms with Gasteiger partial charge in [0.15, 0.2) is 18.3 Å². The van der Waals surface area contributed by atoms with Crippen molar-refractivity contribution in [3.05, 3.63) is 23.0 Å². The van der Waals surface area contributed by atoms with Crippen LogP contribution < -0.4 is 10.1 Å². The summed E-state index contributed by atoms with van der Waals surface area (Å²) >= 11 is 0. The van der Waals surface area contributed by atoms with E-state index in [0.717, 1.165) is 12.8 Å². The molecular weight excluding hydrogens is 423 g/mol. The van der Waals surface area contributed by atoms with Crippen LogP contribution in [0.5, 0.6) is 0 Å². The van der Waals surface area contributed by atoms with E-state index in [9.17, 15) is 19.6 Å². The van der Waals surface area contributed by atoms with E-state index in [1.165, 1.54) is 6.33 Å². The summed E-state index contributed by atoms with van der Waals surface area (Å²) in [6.45, 7) is 7.75. The summed E-state index contributed by atoms with van der Waals surface area (Å²) in [7, 11) is -0.173. The van der Waals surface area contributed by atoms with Gasteiger partial charge in [-0.1, -0.05) is 25.8 Å². The highest BCUT2D eigenvalue weighted by molar-refractivity contribution is 7.40. The monoisotopic (exact) mass is 456 g/mol. The molecule has 6 atom stereocenters. The second-order valence-corrected chi connectivity index (χ2v) is 9.92. The van der Waals surface area contributed by atoms with E-state index in [1.54, 1.807) is 22.5 Å². The molecule has 0 spiro atoms. The quantitative estimate of drug-likeness (QED) is 0.386. The summed E-state index contributed by atoms with van der Waals surface area (Å²) in [5.74, 6) is 0. The van der Waals surface area contributed by atoms with Crippen molar-refractivity contribution in [1.29, 1.82) is 0 Å². The molecule has 1 fully saturated rings. The number of hydrogen-bond acceptors (Lipinski definition) is 7. The minimum atomic E-state index is -1.87. The standard InChI is InChI=1S/C20H32N4O6P/c1-6-12(7-2)31(28)30-20(4,8-3)9-13-15(25)16(26)19(29-13)24-11-23(5)14-17(24)21-10-22-18(14)27/h10-13,15-16,19,25-26H,6-9H2,1-5H3/q+1/p+1/t13-,15-,16-,19?,20?/m1/s1. The van der Waals surface area contributed by atoms with Crippen LogP contribution in [0.25, 0.3) is 11.2 Å². The number of hydrogen-bond donors (Lipinski definition) is 3. The van der Waals surface area contributed by atoms with Gasteiger partial charge in [0.25, 0.3) is 5.56 Å². The second kappa shape index (κ2) is 9.42. The zero-order chi connectivity index (χ0) is 22.9. The number of fused-ring (bicyclic) bond motifs is 1. The number of aromatic nitrogens is 4. The van der Waals surface area contributed by atoms with Gasteiger partial charge in [-0.3, -0.25) is 14.3 Å². The van der Waals surface area contributed by atoms with Crippen molar-refractivity contribution in [2.24, 2.45) is 7.05 Å². The molecule has 1 aliphatic heterocycles. The molecule has 1 saturated heterocycles. The molecule has 3 rings (SSSR count). The van der Waals surface area contributed by atoms with Crippen molar-refractivity contribution < 1.29 is 28.6 Å². The third kappa shape index (κ3) is 4.59. The Balaban J connectivity index is 1.83. The van der Waals surface area contributed by atoms with Gasteiger partial charge >= 0.3 is 13.7 Å². The van der Waals surface area contributed by atoms with Crippen LogP contribution in [0.4, 0.5) is 0 Å². The molecule has 1 aliphatic rings. The predicted molar refractivity (Wildman–Crippen MR) is 114 cm³/mol. The number of aliphatic hydroxyl groups is 2. The number of aromatic amines is 1. The summed E-state index contributed by atoms with van der Waals surface area (Å²) < 4.78 is 27.9. The highest BCUT2D eigenvalue weighted by atomic mass is 31.1. The summed E-state index contributed by atoms with van der Waals surface area (Å²) in [6.07, 6.45) is 1.19. The lowest BCUT2D eigenvalue weighted by molar-refractivity contribution is -0.746. The first-order valence-electron chi connectivity index (χ1n) is 10.8. The van der Waals surface area contributed by atoms with Gasteiger partial charge in [0.05, 0.1) is 13.2 Å². The van der Waals surface area contributed by atoms with Crippen molar-refractivity contribution in [2.45, 2.75) is 89.2 Å². The number of nitrogens with zero attached hydrogens (tertiary/aromatic N) is 3. The molecule has 0 aromatic carbocycles. The lowest BCUT2D eigenvalue weighted by Crippen LogP contribution is -2.46. The average Bonchev–Trinajstić information content (AvgIpc) is 3.21. The van der Waals surface area contributed by atoms with Crippen LogP contribution in [-0.4, -0.2) is 54.3 Å². The van der Waals surface area contributed by atoms with Crippen LogP contribution in [-0.2, 0) is 20.9 Å². The number of imidazole rings is 1. The minimum absolute atomic E-state index is 0.0240. The Hall–Kier alpha value is -1.71. The van der Waals surface area contributed by atoms with Crippen molar-refractivity contribution in [3.63, 3.8) is 0 Å². The summed E-state index contributed by atoms with van der Waals surface area (Å²) in [6, 6.07) is 0. The van der Waals surface area contributed by atoms with Crippen molar-refractivity contribution in [3.8, 4) is 0 Å². The molecule has 0 aliphatic carbocycles. The van der Waals surface area contributed by atoms with Crippen molar-refractivity contribution in [2.75, 3.05) is 0 Å². The number of ether oxygens (including phenoxy) is 1. The molecule has 11 heteroatoms. The van der Waals surface area contributed by atoms with E-state index in [-0.39, 0.29) is 17.6 Å². The van der Waals surface area contributed by atoms with E-state index in [0.29, 0.717) is 17.6 Å². The number of nitrogens with one attached hydrogen (secondary N) is 1. The smallest absolute Gasteiger partial charge is 0.387 e. The maximum absolute atomic E-state index is 12.7. The molecule has 10 nitrogen and oxygen atoms in total. The molecule has 3 unspecified atom stereocenters. The van der Waals surface area contributed by atoms with Crippen LogP contribution in [0.2, 0.25) is 0 Å². The first kappa shape index (κ1) is 23.9. The summed E-state index contributed by atoms with van der Waals surface area (Å²) in [5.41, 5.74) is -0.443. The van der Waals surface area contributed by atoms with Gasteiger partial charge in [-0.15, -0.1) is 4.52 Å². The molecule has 2 aromatic rings. The van der Waals surface area contributed by atoms with Crippen LogP contribution in [0.1, 0.15) is 59.6 Å². The van der Waals surface area contributed by atoms with Crippen LogP contribution >= 0.6 is 8.03 Å². The topological polar surface area (TPSA) is 131 Å². The Bertz CT molecular complexity index is 990. The number of H-pyrrole nitrogens is 1. The fourth-order valence-electron chi connectivity index (χ4n) is 4.05. The molecule has 0 radical (unpaired) electrons. The maximum atomic E-state index is 12.7. The zero-order valence-corrected chi connectivity index (χ0v) is 19.6. The number of aliphatic hydroxyl groups excluding tert-OH is 2. The molecular formula is C20H33N4O6P+2. The molecule has 0 bridgehead atoms. The van der Waals surface area contributed by atoms with Gasteiger partial charge in [-0.25, -0.2) is 4.57 Å². The third-order valence-electron chi connectivity index (χ3n) is 6.25. The fraction of sp³-hybridized carbons (Fsp3) is 0.750. The molecule has 0 amide bonds. The Kier molecular flexibility index (Phi) is 7.28. The largest absolute Gasteiger partial charge is 0.511 e. The highest BCUT2D eigenvalue weighted by Crippen LogP contribution is 2.43. The molecule has 3 heterocycles. The second-order valence-electron chi connectivity index (χ2n) is 8.44. The number of aryl methyl sites for hydroxylation is 1. The predicted octanol–water partition coefficient (Wildman–Crippen LogP) is 1.67. The Morgan fingerprint density at radius 3 is 2.65 bits per heavy atom. The van der Waals surface area contributed by atoms with Crippen molar-refractivity contribution in [1.82, 2.24) is 14.5 Å². The van der Waals surface area contributed by atoms with Gasteiger partial charge in [-0.2, -0.15) is 0 Å². The van der Waals surface area contributed by atoms with Gasteiger partial charge in [0.2, 0.25) is 11.7 Å². The van der Waals surface area contributed by atoms with E-state index >= 15 is 0 Å². The first-order valence-corrected chi connectivity index (χ1v) is 12.0. The Morgan fingerprint density at radius 2 is 2.03 bits per heavy atom. The van der Waals surface area contributed by atoms with Gasteiger partial charge in [0.1, 0.15) is 17.8 Å². The molecule has 31 heavy (non-hydrogen) atoms. The Labute approximate surface area is 182 Å². The first-order chi connectivity index (χ1) is 14.7. The minimum Gasteiger partial charge on any atom is -0.387 e. The van der Waals surface area contributed by atoms with Crippen molar-refractivity contribution >= 4 is 19.2 Å².